The van der Waals surface area contributed by atoms with E-state index in [1.165, 1.54) is 0 Å². The van der Waals surface area contributed by atoms with Crippen molar-refractivity contribution in [2.24, 2.45) is 0 Å². The predicted octanol–water partition coefficient (Wildman–Crippen LogP) is 3.33. The molecule has 1 heterocycles. The van der Waals surface area contributed by atoms with E-state index in [0.717, 1.165) is 27.8 Å². The topological polar surface area (TPSA) is 58.2 Å². The molecule has 1 amide bonds. The van der Waals surface area contributed by atoms with Crippen LogP contribution in [-0.4, -0.2) is 41.2 Å². The molecular weight excluding hydrogens is 302 g/mol. The molecule has 5 heteroatoms. The van der Waals surface area contributed by atoms with Crippen LogP contribution in [0.3, 0.4) is 0 Å². The molecule has 0 unspecified atom stereocenters. The Balaban J connectivity index is 1.64. The summed E-state index contributed by atoms with van der Waals surface area (Å²) in [7, 11) is 1.76. The van der Waals surface area contributed by atoms with Gasteiger partial charge in [-0.1, -0.05) is 23.8 Å². The van der Waals surface area contributed by atoms with Gasteiger partial charge in [-0.2, -0.15) is 5.10 Å². The zero-order valence-corrected chi connectivity index (χ0v) is 14.2. The second-order valence-corrected chi connectivity index (χ2v) is 6.01. The van der Waals surface area contributed by atoms with Crippen LogP contribution in [0.1, 0.15) is 21.6 Å². The molecule has 0 aliphatic heterocycles. The third-order valence-corrected chi connectivity index (χ3v) is 3.95. The molecule has 0 aliphatic carbocycles. The standard InChI is InChI=1S/C19H21N3O2/c1-13-5-4-6-15(11-13)24-10-9-22(3)19(23)18-16-12-14(2)7-8-17(16)20-21-18/h4-8,11-12H,9-10H2,1-3H3,(H,20,21). The smallest absolute Gasteiger partial charge is 0.274 e. The van der Waals surface area contributed by atoms with Crippen molar-refractivity contribution in [1.82, 2.24) is 15.1 Å². The Kier molecular flexibility index (Phi) is 4.51. The first-order chi connectivity index (χ1) is 11.5. The summed E-state index contributed by atoms with van der Waals surface area (Å²) in [5.41, 5.74) is 3.57. The predicted molar refractivity (Wildman–Crippen MR) is 94.5 cm³/mol. The Hall–Kier alpha value is -2.82. The number of aryl methyl sites for hydroxylation is 2. The number of ether oxygens (including phenoxy) is 1. The molecule has 24 heavy (non-hydrogen) atoms. The number of H-pyrrole nitrogens is 1. The van der Waals surface area contributed by atoms with Gasteiger partial charge in [0, 0.05) is 12.4 Å². The lowest BCUT2D eigenvalue weighted by atomic mass is 10.1. The van der Waals surface area contributed by atoms with E-state index < -0.39 is 0 Å². The quantitative estimate of drug-likeness (QED) is 0.783. The number of carbonyl (C=O) groups excluding carboxylic acids is 1. The van der Waals surface area contributed by atoms with Crippen LogP contribution in [0.15, 0.2) is 42.5 Å². The second-order valence-electron chi connectivity index (χ2n) is 6.01. The summed E-state index contributed by atoms with van der Waals surface area (Å²) < 4.78 is 5.71. The van der Waals surface area contributed by atoms with Crippen LogP contribution < -0.4 is 4.74 Å². The highest BCUT2D eigenvalue weighted by Crippen LogP contribution is 2.18. The minimum absolute atomic E-state index is 0.111. The summed E-state index contributed by atoms with van der Waals surface area (Å²) in [6.45, 7) is 4.95. The average Bonchev–Trinajstić information content (AvgIpc) is 2.97. The zero-order valence-electron chi connectivity index (χ0n) is 14.2. The minimum atomic E-state index is -0.111. The summed E-state index contributed by atoms with van der Waals surface area (Å²) in [4.78, 5) is 14.2. The summed E-state index contributed by atoms with van der Waals surface area (Å²) in [5.74, 6) is 0.705. The van der Waals surface area contributed by atoms with E-state index in [2.05, 4.69) is 10.2 Å². The first-order valence-corrected chi connectivity index (χ1v) is 7.94. The van der Waals surface area contributed by atoms with Gasteiger partial charge in [0.15, 0.2) is 5.69 Å². The molecule has 0 saturated carbocycles. The minimum Gasteiger partial charge on any atom is -0.492 e. The zero-order chi connectivity index (χ0) is 17.1. The average molecular weight is 323 g/mol. The lowest BCUT2D eigenvalue weighted by Gasteiger charge is -2.16. The summed E-state index contributed by atoms with van der Waals surface area (Å²) >= 11 is 0. The van der Waals surface area contributed by atoms with Gasteiger partial charge in [0.25, 0.3) is 5.91 Å². The molecule has 2 aromatic carbocycles. The molecule has 3 rings (SSSR count). The number of nitrogens with one attached hydrogen (secondary N) is 1. The fraction of sp³-hybridized carbons (Fsp3) is 0.263. The maximum Gasteiger partial charge on any atom is 0.274 e. The van der Waals surface area contributed by atoms with Crippen molar-refractivity contribution in [1.29, 1.82) is 0 Å². The lowest BCUT2D eigenvalue weighted by Crippen LogP contribution is -2.31. The molecule has 0 saturated heterocycles. The van der Waals surface area contributed by atoms with Gasteiger partial charge >= 0.3 is 0 Å². The number of likely N-dealkylation sites (N-methyl/N-ethyl adjacent to an activating group) is 1. The van der Waals surface area contributed by atoms with Gasteiger partial charge in [-0.15, -0.1) is 0 Å². The van der Waals surface area contributed by atoms with E-state index in [0.29, 0.717) is 18.8 Å². The number of rotatable bonds is 5. The van der Waals surface area contributed by atoms with Crippen molar-refractivity contribution >= 4 is 16.8 Å². The highest BCUT2D eigenvalue weighted by Gasteiger charge is 2.18. The van der Waals surface area contributed by atoms with Crippen LogP contribution in [0.4, 0.5) is 0 Å². The molecule has 0 fully saturated rings. The molecule has 0 aliphatic rings. The third kappa shape index (κ3) is 3.40. The second kappa shape index (κ2) is 6.74. The van der Waals surface area contributed by atoms with E-state index in [1.54, 1.807) is 11.9 Å². The van der Waals surface area contributed by atoms with Gasteiger partial charge in [-0.05, 0) is 43.7 Å². The molecule has 1 N–H and O–H groups in total. The first-order valence-electron chi connectivity index (χ1n) is 7.94. The van der Waals surface area contributed by atoms with Crippen LogP contribution in [-0.2, 0) is 0 Å². The third-order valence-electron chi connectivity index (χ3n) is 3.95. The molecule has 3 aromatic rings. The molecule has 0 spiro atoms. The molecule has 1 aromatic heterocycles. The molecule has 124 valence electrons. The fourth-order valence-corrected chi connectivity index (χ4v) is 2.58. The van der Waals surface area contributed by atoms with Crippen LogP contribution in [0.2, 0.25) is 0 Å². The van der Waals surface area contributed by atoms with Gasteiger partial charge in [0.2, 0.25) is 0 Å². The number of nitrogens with zero attached hydrogens (tertiary/aromatic N) is 2. The van der Waals surface area contributed by atoms with Crippen LogP contribution in [0.5, 0.6) is 5.75 Å². The number of hydrogen-bond acceptors (Lipinski definition) is 3. The number of aromatic amines is 1. The van der Waals surface area contributed by atoms with Crippen LogP contribution in [0.25, 0.3) is 10.9 Å². The van der Waals surface area contributed by atoms with Crippen LogP contribution >= 0.6 is 0 Å². The van der Waals surface area contributed by atoms with Crippen molar-refractivity contribution in [3.05, 3.63) is 59.3 Å². The Labute approximate surface area is 141 Å². The monoisotopic (exact) mass is 323 g/mol. The maximum atomic E-state index is 12.6. The number of fused-ring (bicyclic) bond motifs is 1. The Bertz CT molecular complexity index is 870. The number of benzene rings is 2. The van der Waals surface area contributed by atoms with E-state index >= 15 is 0 Å². The van der Waals surface area contributed by atoms with Gasteiger partial charge < -0.3 is 9.64 Å². The van der Waals surface area contributed by atoms with Crippen molar-refractivity contribution in [2.75, 3.05) is 20.2 Å². The first kappa shape index (κ1) is 16.1. The highest BCUT2D eigenvalue weighted by molar-refractivity contribution is 6.04. The number of amides is 1. The molecular formula is C19H21N3O2. The van der Waals surface area contributed by atoms with E-state index in [1.807, 2.05) is 56.3 Å². The van der Waals surface area contributed by atoms with Gasteiger partial charge in [-0.25, -0.2) is 0 Å². The molecule has 5 nitrogen and oxygen atoms in total. The molecule has 0 radical (unpaired) electrons. The molecule has 0 bridgehead atoms. The Morgan fingerprint density at radius 2 is 1.96 bits per heavy atom. The van der Waals surface area contributed by atoms with E-state index in [4.69, 9.17) is 4.74 Å². The molecule has 0 atom stereocenters. The van der Waals surface area contributed by atoms with Gasteiger partial charge in [0.1, 0.15) is 12.4 Å². The Morgan fingerprint density at radius 3 is 2.75 bits per heavy atom. The number of hydrogen-bond donors (Lipinski definition) is 1. The summed E-state index contributed by atoms with van der Waals surface area (Å²) in [6, 6.07) is 13.8. The largest absolute Gasteiger partial charge is 0.492 e. The maximum absolute atomic E-state index is 12.6. The van der Waals surface area contributed by atoms with E-state index in [-0.39, 0.29) is 5.91 Å². The summed E-state index contributed by atoms with van der Waals surface area (Å²) in [6.07, 6.45) is 0. The van der Waals surface area contributed by atoms with Crippen molar-refractivity contribution < 1.29 is 9.53 Å². The SMILES string of the molecule is Cc1cccc(OCCN(C)C(=O)c2n[nH]c3ccc(C)cc23)c1. The number of aromatic nitrogens is 2. The van der Waals surface area contributed by atoms with E-state index in [9.17, 15) is 4.79 Å². The van der Waals surface area contributed by atoms with Gasteiger partial charge in [-0.3, -0.25) is 9.89 Å². The summed E-state index contributed by atoms with van der Waals surface area (Å²) in [5, 5.41) is 7.94. The van der Waals surface area contributed by atoms with Gasteiger partial charge in [0.05, 0.1) is 12.1 Å². The van der Waals surface area contributed by atoms with Crippen molar-refractivity contribution in [3.8, 4) is 5.75 Å². The van der Waals surface area contributed by atoms with Crippen molar-refractivity contribution in [3.63, 3.8) is 0 Å². The fourth-order valence-electron chi connectivity index (χ4n) is 2.58. The van der Waals surface area contributed by atoms with Crippen LogP contribution in [0, 0.1) is 13.8 Å². The highest BCUT2D eigenvalue weighted by atomic mass is 16.5. The normalized spacial score (nSPS) is 10.8. The number of carbonyl (C=O) groups is 1. The Morgan fingerprint density at radius 1 is 1.17 bits per heavy atom. The lowest BCUT2D eigenvalue weighted by molar-refractivity contribution is 0.0770. The van der Waals surface area contributed by atoms with Crippen molar-refractivity contribution in [2.45, 2.75) is 13.8 Å².